The Hall–Kier alpha value is -3.16. The Morgan fingerprint density at radius 2 is 1.87 bits per heavy atom. The molecule has 0 unspecified atom stereocenters. The van der Waals surface area contributed by atoms with Gasteiger partial charge in [-0.15, -0.1) is 16.4 Å². The van der Waals surface area contributed by atoms with Crippen LogP contribution in [0.25, 0.3) is 32.9 Å². The summed E-state index contributed by atoms with van der Waals surface area (Å²) in [6.07, 6.45) is 0. The molecule has 0 amide bonds. The number of nitrogens with one attached hydrogen (secondary N) is 1. The molecular weight excluding hydrogens is 412 g/mol. The maximum Gasteiger partial charge on any atom is 0.209 e. The normalized spacial score (nSPS) is 11.2. The van der Waals surface area contributed by atoms with Crippen LogP contribution in [0.1, 0.15) is 10.4 Å². The molecule has 7 heteroatoms. The van der Waals surface area contributed by atoms with E-state index in [-0.39, 0.29) is 11.5 Å². The second-order valence-corrected chi connectivity index (χ2v) is 8.71. The number of aryl methyl sites for hydroxylation is 1. The lowest BCUT2D eigenvalue weighted by Gasteiger charge is -2.07. The average molecular weight is 431 g/mol. The fraction of sp³-hybridized carbons (Fsp3) is 0.0870. The van der Waals surface area contributed by atoms with E-state index in [1.807, 2.05) is 79.2 Å². The zero-order valence-electron chi connectivity index (χ0n) is 16.2. The zero-order valence-corrected chi connectivity index (χ0v) is 17.8. The van der Waals surface area contributed by atoms with Crippen molar-refractivity contribution in [1.29, 1.82) is 0 Å². The summed E-state index contributed by atoms with van der Waals surface area (Å²) < 4.78 is 2.10. The van der Waals surface area contributed by atoms with Gasteiger partial charge in [0, 0.05) is 18.0 Å². The Balaban J connectivity index is 1.48. The highest BCUT2D eigenvalue weighted by atomic mass is 32.2. The van der Waals surface area contributed by atoms with Gasteiger partial charge in [-0.05, 0) is 23.1 Å². The van der Waals surface area contributed by atoms with Gasteiger partial charge in [-0.2, -0.15) is 0 Å². The van der Waals surface area contributed by atoms with Gasteiger partial charge >= 0.3 is 0 Å². The van der Waals surface area contributed by atoms with E-state index in [9.17, 15) is 4.79 Å². The predicted octanol–water partition coefficient (Wildman–Crippen LogP) is 5.67. The molecule has 3 heterocycles. The Bertz CT molecular complexity index is 1320. The molecule has 0 saturated carbocycles. The number of benzene rings is 2. The SMILES string of the molecule is Cn1c(-c2ccccc2)c(C(=O)CSc2n[nH]c(-c3cccs3)n2)c2ccccc21. The minimum absolute atomic E-state index is 0.0677. The van der Waals surface area contributed by atoms with Gasteiger partial charge in [-0.3, -0.25) is 9.89 Å². The Labute approximate surface area is 181 Å². The number of Topliss-reactive ketones (excluding diaryl/α,β-unsaturated/α-hetero) is 1. The molecule has 0 aliphatic rings. The second kappa shape index (κ2) is 7.93. The molecule has 0 radical (unpaired) electrons. The highest BCUT2D eigenvalue weighted by molar-refractivity contribution is 7.99. The first kappa shape index (κ1) is 18.8. The van der Waals surface area contributed by atoms with Crippen molar-refractivity contribution in [2.75, 3.05) is 5.75 Å². The van der Waals surface area contributed by atoms with Crippen LogP contribution >= 0.6 is 23.1 Å². The standard InChI is InChI=1S/C23H18N4OS2/c1-27-17-11-6-5-10-16(17)20(21(27)15-8-3-2-4-9-15)18(28)14-30-23-24-22(25-26-23)19-12-7-13-29-19/h2-13H,14H2,1H3,(H,24,25,26). The van der Waals surface area contributed by atoms with Crippen molar-refractivity contribution < 1.29 is 4.79 Å². The molecule has 5 aromatic rings. The first-order valence-corrected chi connectivity index (χ1v) is 11.3. The maximum absolute atomic E-state index is 13.4. The van der Waals surface area contributed by atoms with Gasteiger partial charge in [0.05, 0.1) is 21.9 Å². The maximum atomic E-state index is 13.4. The summed E-state index contributed by atoms with van der Waals surface area (Å²) in [4.78, 5) is 18.9. The third-order valence-corrected chi connectivity index (χ3v) is 6.71. The smallest absolute Gasteiger partial charge is 0.209 e. The summed E-state index contributed by atoms with van der Waals surface area (Å²) >= 11 is 2.96. The van der Waals surface area contributed by atoms with E-state index in [2.05, 4.69) is 19.7 Å². The van der Waals surface area contributed by atoms with Crippen LogP contribution in [0.2, 0.25) is 0 Å². The molecule has 0 aliphatic carbocycles. The molecule has 148 valence electrons. The van der Waals surface area contributed by atoms with E-state index >= 15 is 0 Å². The van der Waals surface area contributed by atoms with Crippen LogP contribution in [0.15, 0.2) is 77.3 Å². The van der Waals surface area contributed by atoms with Crippen LogP contribution in [0.4, 0.5) is 0 Å². The first-order valence-electron chi connectivity index (χ1n) is 9.47. The van der Waals surface area contributed by atoms with Crippen molar-refractivity contribution in [3.05, 3.63) is 77.7 Å². The van der Waals surface area contributed by atoms with Gasteiger partial charge in [-0.1, -0.05) is 66.4 Å². The molecule has 30 heavy (non-hydrogen) atoms. The van der Waals surface area contributed by atoms with Gasteiger partial charge in [0.25, 0.3) is 0 Å². The van der Waals surface area contributed by atoms with Crippen LogP contribution in [0.3, 0.4) is 0 Å². The summed E-state index contributed by atoms with van der Waals surface area (Å²) in [6, 6.07) is 22.1. The van der Waals surface area contributed by atoms with E-state index in [4.69, 9.17) is 0 Å². The van der Waals surface area contributed by atoms with Crippen LogP contribution in [0.5, 0.6) is 0 Å². The van der Waals surface area contributed by atoms with Gasteiger partial charge in [0.2, 0.25) is 5.16 Å². The quantitative estimate of drug-likeness (QED) is 0.279. The number of hydrogen-bond acceptors (Lipinski definition) is 5. The number of rotatable bonds is 6. The van der Waals surface area contributed by atoms with Crippen molar-refractivity contribution >= 4 is 39.8 Å². The first-order chi connectivity index (χ1) is 14.7. The number of para-hydroxylation sites is 1. The number of ketones is 1. The Morgan fingerprint density at radius 1 is 1.07 bits per heavy atom. The summed E-state index contributed by atoms with van der Waals surface area (Å²) in [5.74, 6) is 1.07. The molecule has 1 N–H and O–H groups in total. The van der Waals surface area contributed by atoms with E-state index in [1.165, 1.54) is 11.8 Å². The van der Waals surface area contributed by atoms with E-state index in [0.29, 0.717) is 5.16 Å². The van der Waals surface area contributed by atoms with Crippen molar-refractivity contribution in [3.8, 4) is 22.0 Å². The summed E-state index contributed by atoms with van der Waals surface area (Å²) in [6.45, 7) is 0. The van der Waals surface area contributed by atoms with E-state index in [1.54, 1.807) is 11.3 Å². The molecule has 2 aromatic carbocycles. The van der Waals surface area contributed by atoms with Gasteiger partial charge < -0.3 is 4.57 Å². The number of aromatic nitrogens is 4. The molecule has 0 fully saturated rings. The number of hydrogen-bond donors (Lipinski definition) is 1. The minimum atomic E-state index is 0.0677. The number of carbonyl (C=O) groups is 1. The average Bonchev–Trinajstić information content (AvgIpc) is 3.52. The minimum Gasteiger partial charge on any atom is -0.343 e. The van der Waals surface area contributed by atoms with E-state index in [0.717, 1.165) is 38.4 Å². The fourth-order valence-electron chi connectivity index (χ4n) is 3.65. The number of thioether (sulfide) groups is 1. The fourth-order valence-corrected chi connectivity index (χ4v) is 4.98. The summed E-state index contributed by atoms with van der Waals surface area (Å²) in [5, 5.41) is 10.8. The van der Waals surface area contributed by atoms with Crippen molar-refractivity contribution in [3.63, 3.8) is 0 Å². The lowest BCUT2D eigenvalue weighted by atomic mass is 10.0. The number of thiophene rings is 1. The highest BCUT2D eigenvalue weighted by Crippen LogP contribution is 2.34. The van der Waals surface area contributed by atoms with Crippen molar-refractivity contribution in [1.82, 2.24) is 19.7 Å². The lowest BCUT2D eigenvalue weighted by Crippen LogP contribution is -2.05. The van der Waals surface area contributed by atoms with Gasteiger partial charge in [0.15, 0.2) is 11.6 Å². The molecule has 3 aromatic heterocycles. The molecule has 5 nitrogen and oxygen atoms in total. The number of nitrogens with zero attached hydrogens (tertiary/aromatic N) is 3. The largest absolute Gasteiger partial charge is 0.343 e. The molecule has 5 rings (SSSR count). The van der Waals surface area contributed by atoms with Crippen molar-refractivity contribution in [2.24, 2.45) is 7.05 Å². The van der Waals surface area contributed by atoms with Crippen LogP contribution in [0, 0.1) is 0 Å². The van der Waals surface area contributed by atoms with E-state index < -0.39 is 0 Å². The Morgan fingerprint density at radius 3 is 2.67 bits per heavy atom. The van der Waals surface area contributed by atoms with Crippen LogP contribution in [-0.2, 0) is 7.05 Å². The zero-order chi connectivity index (χ0) is 20.5. The third kappa shape index (κ3) is 3.36. The number of fused-ring (bicyclic) bond motifs is 1. The number of H-pyrrole nitrogens is 1. The topological polar surface area (TPSA) is 63.6 Å². The highest BCUT2D eigenvalue weighted by Gasteiger charge is 2.22. The Kier molecular flexibility index (Phi) is 4.98. The third-order valence-electron chi connectivity index (χ3n) is 4.98. The van der Waals surface area contributed by atoms with Crippen molar-refractivity contribution in [2.45, 2.75) is 5.16 Å². The monoisotopic (exact) mass is 430 g/mol. The summed E-state index contributed by atoms with van der Waals surface area (Å²) in [7, 11) is 2.01. The predicted molar refractivity (Wildman–Crippen MR) is 123 cm³/mol. The molecule has 0 saturated heterocycles. The summed E-state index contributed by atoms with van der Waals surface area (Å²) in [5.41, 5.74) is 3.77. The molecular formula is C23H18N4OS2. The lowest BCUT2D eigenvalue weighted by molar-refractivity contribution is 0.102. The molecule has 0 aliphatic heterocycles. The molecule has 0 bridgehead atoms. The number of carbonyl (C=O) groups excluding carboxylic acids is 1. The van der Waals surface area contributed by atoms with Gasteiger partial charge in [-0.25, -0.2) is 4.98 Å². The molecule has 0 spiro atoms. The molecule has 0 atom stereocenters. The second-order valence-electron chi connectivity index (χ2n) is 6.82. The van der Waals surface area contributed by atoms with Gasteiger partial charge in [0.1, 0.15) is 0 Å². The van der Waals surface area contributed by atoms with Crippen LogP contribution < -0.4 is 0 Å². The van der Waals surface area contributed by atoms with Crippen LogP contribution in [-0.4, -0.2) is 31.3 Å². The number of aromatic amines is 1.